The van der Waals surface area contributed by atoms with Crippen molar-refractivity contribution in [1.82, 2.24) is 0 Å². The maximum atomic E-state index is 13.2. The monoisotopic (exact) mass is 215 g/mol. The average Bonchev–Trinajstić information content (AvgIpc) is 2.26. The summed E-state index contributed by atoms with van der Waals surface area (Å²) >= 11 is 0. The minimum absolute atomic E-state index is 0.222. The summed E-state index contributed by atoms with van der Waals surface area (Å²) in [5.41, 5.74) is 10.5. The van der Waals surface area contributed by atoms with Gasteiger partial charge in [0.2, 0.25) is 0 Å². The lowest BCUT2D eigenvalue weighted by Gasteiger charge is -2.08. The second-order valence-corrected chi connectivity index (χ2v) is 4.03. The van der Waals surface area contributed by atoms with Crippen LogP contribution in [-0.4, -0.2) is 0 Å². The van der Waals surface area contributed by atoms with Crippen molar-refractivity contribution in [3.05, 3.63) is 53.3 Å². The molecule has 82 valence electrons. The lowest BCUT2D eigenvalue weighted by Crippen LogP contribution is -1.91. The van der Waals surface area contributed by atoms with Crippen LogP contribution in [0, 0.1) is 19.7 Å². The van der Waals surface area contributed by atoms with E-state index in [9.17, 15) is 4.39 Å². The van der Waals surface area contributed by atoms with E-state index in [2.05, 4.69) is 0 Å². The van der Waals surface area contributed by atoms with Crippen LogP contribution in [0.4, 0.5) is 10.1 Å². The van der Waals surface area contributed by atoms with E-state index in [1.54, 1.807) is 12.1 Å². The zero-order valence-electron chi connectivity index (χ0n) is 9.42. The summed E-state index contributed by atoms with van der Waals surface area (Å²) in [5, 5.41) is 0. The first kappa shape index (κ1) is 10.7. The first-order chi connectivity index (χ1) is 7.58. The maximum Gasteiger partial charge on any atom is 0.123 e. The van der Waals surface area contributed by atoms with Crippen LogP contribution in [0.1, 0.15) is 11.1 Å². The van der Waals surface area contributed by atoms with Gasteiger partial charge in [-0.1, -0.05) is 18.2 Å². The summed E-state index contributed by atoms with van der Waals surface area (Å²) in [6, 6.07) is 10.6. The largest absolute Gasteiger partial charge is 0.398 e. The molecule has 0 aliphatic rings. The van der Waals surface area contributed by atoms with Crippen LogP contribution in [0.15, 0.2) is 36.4 Å². The van der Waals surface area contributed by atoms with E-state index in [1.165, 1.54) is 6.07 Å². The van der Waals surface area contributed by atoms with Gasteiger partial charge < -0.3 is 5.73 Å². The van der Waals surface area contributed by atoms with E-state index in [0.29, 0.717) is 0 Å². The molecule has 0 aliphatic heterocycles. The quantitative estimate of drug-likeness (QED) is 0.721. The second kappa shape index (κ2) is 3.97. The number of nitrogens with two attached hydrogens (primary N) is 1. The van der Waals surface area contributed by atoms with Gasteiger partial charge in [-0.25, -0.2) is 4.39 Å². The molecule has 0 saturated heterocycles. The molecular formula is C14H14FN. The number of rotatable bonds is 1. The molecule has 0 fully saturated rings. The van der Waals surface area contributed by atoms with Gasteiger partial charge in [0.05, 0.1) is 0 Å². The Morgan fingerprint density at radius 3 is 2.31 bits per heavy atom. The number of benzene rings is 2. The lowest BCUT2D eigenvalue weighted by molar-refractivity contribution is 0.628. The lowest BCUT2D eigenvalue weighted by atomic mass is 9.99. The standard InChI is InChI=1S/C14H14FN/c1-9-4-6-12(15)8-13(9)11-5-3-10(2)14(16)7-11/h3-8H,16H2,1-2H3. The highest BCUT2D eigenvalue weighted by Crippen LogP contribution is 2.27. The Hall–Kier alpha value is -1.83. The van der Waals surface area contributed by atoms with Crippen LogP contribution in [-0.2, 0) is 0 Å². The minimum Gasteiger partial charge on any atom is -0.398 e. The zero-order chi connectivity index (χ0) is 11.7. The Labute approximate surface area is 94.7 Å². The first-order valence-electron chi connectivity index (χ1n) is 5.20. The smallest absolute Gasteiger partial charge is 0.123 e. The van der Waals surface area contributed by atoms with Crippen molar-refractivity contribution in [3.8, 4) is 11.1 Å². The third kappa shape index (κ3) is 1.91. The number of hydrogen-bond acceptors (Lipinski definition) is 1. The van der Waals surface area contributed by atoms with Crippen molar-refractivity contribution in [3.63, 3.8) is 0 Å². The van der Waals surface area contributed by atoms with Gasteiger partial charge in [-0.15, -0.1) is 0 Å². The summed E-state index contributed by atoms with van der Waals surface area (Å²) in [5.74, 6) is -0.222. The predicted octanol–water partition coefficient (Wildman–Crippen LogP) is 3.69. The molecule has 16 heavy (non-hydrogen) atoms. The number of nitrogen functional groups attached to an aromatic ring is 1. The highest BCUT2D eigenvalue weighted by atomic mass is 19.1. The first-order valence-corrected chi connectivity index (χ1v) is 5.20. The minimum atomic E-state index is -0.222. The number of halogens is 1. The van der Waals surface area contributed by atoms with Crippen molar-refractivity contribution >= 4 is 5.69 Å². The molecule has 2 heteroatoms. The number of anilines is 1. The molecule has 0 bridgehead atoms. The SMILES string of the molecule is Cc1ccc(-c2cc(F)ccc2C)cc1N. The van der Waals surface area contributed by atoms with Gasteiger partial charge in [0.25, 0.3) is 0 Å². The second-order valence-electron chi connectivity index (χ2n) is 4.03. The highest BCUT2D eigenvalue weighted by Gasteiger charge is 2.04. The summed E-state index contributed by atoms with van der Waals surface area (Å²) in [7, 11) is 0. The molecule has 0 radical (unpaired) electrons. The fraction of sp³-hybridized carbons (Fsp3) is 0.143. The number of aryl methyl sites for hydroxylation is 2. The molecule has 2 aromatic carbocycles. The molecule has 2 rings (SSSR count). The van der Waals surface area contributed by atoms with E-state index in [-0.39, 0.29) is 5.82 Å². The van der Waals surface area contributed by atoms with Crippen molar-refractivity contribution in [2.75, 3.05) is 5.73 Å². The third-order valence-electron chi connectivity index (χ3n) is 2.79. The molecule has 0 amide bonds. The van der Waals surface area contributed by atoms with Crippen molar-refractivity contribution < 1.29 is 4.39 Å². The molecule has 2 N–H and O–H groups in total. The maximum absolute atomic E-state index is 13.2. The van der Waals surface area contributed by atoms with Crippen molar-refractivity contribution in [2.45, 2.75) is 13.8 Å². The highest BCUT2D eigenvalue weighted by molar-refractivity contribution is 5.71. The van der Waals surface area contributed by atoms with Crippen LogP contribution in [0.5, 0.6) is 0 Å². The molecule has 0 aliphatic carbocycles. The van der Waals surface area contributed by atoms with Gasteiger partial charge in [-0.2, -0.15) is 0 Å². The number of hydrogen-bond donors (Lipinski definition) is 1. The molecule has 0 atom stereocenters. The molecule has 1 nitrogen and oxygen atoms in total. The molecule has 2 aromatic rings. The van der Waals surface area contributed by atoms with E-state index in [1.807, 2.05) is 32.0 Å². The van der Waals surface area contributed by atoms with E-state index < -0.39 is 0 Å². The van der Waals surface area contributed by atoms with E-state index >= 15 is 0 Å². The van der Waals surface area contributed by atoms with E-state index in [4.69, 9.17) is 5.73 Å². The summed E-state index contributed by atoms with van der Waals surface area (Å²) in [6.45, 7) is 3.92. The van der Waals surface area contributed by atoms with Gasteiger partial charge >= 0.3 is 0 Å². The normalized spacial score (nSPS) is 10.4. The predicted molar refractivity (Wildman–Crippen MR) is 65.7 cm³/mol. The average molecular weight is 215 g/mol. The summed E-state index contributed by atoms with van der Waals surface area (Å²) in [4.78, 5) is 0. The Bertz CT molecular complexity index is 532. The topological polar surface area (TPSA) is 26.0 Å². The molecular weight excluding hydrogens is 201 g/mol. The van der Waals surface area contributed by atoms with Gasteiger partial charge in [-0.3, -0.25) is 0 Å². The van der Waals surface area contributed by atoms with Gasteiger partial charge in [0, 0.05) is 5.69 Å². The van der Waals surface area contributed by atoms with Gasteiger partial charge in [-0.05, 0) is 54.3 Å². The molecule has 0 heterocycles. The fourth-order valence-corrected chi connectivity index (χ4v) is 1.71. The van der Waals surface area contributed by atoms with Crippen LogP contribution in [0.3, 0.4) is 0 Å². The molecule has 0 saturated carbocycles. The van der Waals surface area contributed by atoms with Crippen LogP contribution >= 0.6 is 0 Å². The summed E-state index contributed by atoms with van der Waals surface area (Å²) in [6.07, 6.45) is 0. The van der Waals surface area contributed by atoms with Crippen LogP contribution in [0.25, 0.3) is 11.1 Å². The Morgan fingerprint density at radius 2 is 1.62 bits per heavy atom. The Morgan fingerprint density at radius 1 is 0.938 bits per heavy atom. The van der Waals surface area contributed by atoms with Gasteiger partial charge in [0.15, 0.2) is 0 Å². The molecule has 0 aromatic heterocycles. The Balaban J connectivity index is 2.58. The van der Waals surface area contributed by atoms with E-state index in [0.717, 1.165) is 27.9 Å². The zero-order valence-corrected chi connectivity index (χ0v) is 9.42. The summed E-state index contributed by atoms with van der Waals surface area (Å²) < 4.78 is 13.2. The Kier molecular flexibility index (Phi) is 2.65. The third-order valence-corrected chi connectivity index (χ3v) is 2.79. The van der Waals surface area contributed by atoms with Gasteiger partial charge in [0.1, 0.15) is 5.82 Å². The van der Waals surface area contributed by atoms with Crippen molar-refractivity contribution in [1.29, 1.82) is 0 Å². The fourth-order valence-electron chi connectivity index (χ4n) is 1.71. The van der Waals surface area contributed by atoms with Crippen LogP contribution < -0.4 is 5.73 Å². The molecule has 0 unspecified atom stereocenters. The van der Waals surface area contributed by atoms with Crippen molar-refractivity contribution in [2.24, 2.45) is 0 Å². The van der Waals surface area contributed by atoms with Crippen LogP contribution in [0.2, 0.25) is 0 Å². The molecule has 0 spiro atoms.